The third-order valence-corrected chi connectivity index (χ3v) is 5.15. The SMILES string of the molecule is CC(C)(C)OC(=O)N1CCC(O)CC1C[S+]([O-])c1ccccc1. The lowest BCUT2D eigenvalue weighted by Crippen LogP contribution is -2.51. The molecule has 1 aliphatic rings. The molecule has 1 aromatic rings. The molecule has 5 nitrogen and oxygen atoms in total. The summed E-state index contributed by atoms with van der Waals surface area (Å²) < 4.78 is 18.0. The molecule has 128 valence electrons. The number of hydrogen-bond donors (Lipinski definition) is 1. The number of piperidine rings is 1. The van der Waals surface area contributed by atoms with E-state index in [1.54, 1.807) is 4.90 Å². The van der Waals surface area contributed by atoms with E-state index < -0.39 is 29.0 Å². The number of ether oxygens (including phenoxy) is 1. The Morgan fingerprint density at radius 1 is 1.39 bits per heavy atom. The Labute approximate surface area is 140 Å². The zero-order valence-corrected chi connectivity index (χ0v) is 14.7. The van der Waals surface area contributed by atoms with Gasteiger partial charge in [-0.1, -0.05) is 18.2 Å². The van der Waals surface area contributed by atoms with E-state index in [1.165, 1.54) is 0 Å². The van der Waals surface area contributed by atoms with Crippen LogP contribution in [0.4, 0.5) is 4.79 Å². The maximum absolute atomic E-state index is 12.5. The second-order valence-corrected chi connectivity index (χ2v) is 8.33. The largest absolute Gasteiger partial charge is 0.611 e. The first kappa shape index (κ1) is 18.1. The number of aliphatic hydroxyl groups excluding tert-OH is 1. The second-order valence-electron chi connectivity index (χ2n) is 6.83. The van der Waals surface area contributed by atoms with Crippen molar-refractivity contribution in [3.63, 3.8) is 0 Å². The minimum absolute atomic E-state index is 0.283. The lowest BCUT2D eigenvalue weighted by Gasteiger charge is -2.38. The molecule has 3 atom stereocenters. The van der Waals surface area contributed by atoms with Gasteiger partial charge in [-0.05, 0) is 56.9 Å². The fourth-order valence-electron chi connectivity index (χ4n) is 2.59. The molecule has 0 spiro atoms. The van der Waals surface area contributed by atoms with E-state index in [1.807, 2.05) is 51.1 Å². The Morgan fingerprint density at radius 2 is 2.04 bits per heavy atom. The summed E-state index contributed by atoms with van der Waals surface area (Å²) in [5, 5.41) is 9.92. The van der Waals surface area contributed by atoms with E-state index in [4.69, 9.17) is 4.74 Å². The molecular weight excluding hydrogens is 314 g/mol. The average molecular weight is 339 g/mol. The summed E-state index contributed by atoms with van der Waals surface area (Å²) in [5.74, 6) is 0.306. The minimum Gasteiger partial charge on any atom is -0.611 e. The summed E-state index contributed by atoms with van der Waals surface area (Å²) >= 11 is -1.22. The summed E-state index contributed by atoms with van der Waals surface area (Å²) in [7, 11) is 0. The van der Waals surface area contributed by atoms with E-state index >= 15 is 0 Å². The fourth-order valence-corrected chi connectivity index (χ4v) is 3.91. The summed E-state index contributed by atoms with van der Waals surface area (Å²) in [5.41, 5.74) is -0.573. The van der Waals surface area contributed by atoms with Crippen LogP contribution in [0.5, 0.6) is 0 Å². The number of benzene rings is 1. The van der Waals surface area contributed by atoms with Crippen LogP contribution >= 0.6 is 0 Å². The van der Waals surface area contributed by atoms with Crippen LogP contribution in [0.15, 0.2) is 35.2 Å². The number of carbonyl (C=O) groups excluding carboxylic acids is 1. The number of hydrogen-bond acceptors (Lipinski definition) is 4. The van der Waals surface area contributed by atoms with Gasteiger partial charge in [-0.25, -0.2) is 4.79 Å². The molecule has 1 saturated heterocycles. The third-order valence-electron chi connectivity index (χ3n) is 3.67. The molecule has 23 heavy (non-hydrogen) atoms. The first-order chi connectivity index (χ1) is 10.8. The van der Waals surface area contributed by atoms with Crippen molar-refractivity contribution in [3.8, 4) is 0 Å². The second kappa shape index (κ2) is 7.55. The van der Waals surface area contributed by atoms with Gasteiger partial charge >= 0.3 is 6.09 Å². The Balaban J connectivity index is 2.07. The van der Waals surface area contributed by atoms with Gasteiger partial charge in [0.15, 0.2) is 4.90 Å². The highest BCUT2D eigenvalue weighted by molar-refractivity contribution is 7.91. The van der Waals surface area contributed by atoms with Crippen LogP contribution in [-0.4, -0.2) is 50.7 Å². The molecule has 1 heterocycles. The van der Waals surface area contributed by atoms with Crippen molar-refractivity contribution in [2.75, 3.05) is 12.3 Å². The minimum atomic E-state index is -1.22. The van der Waals surface area contributed by atoms with Crippen LogP contribution in [-0.2, 0) is 15.9 Å². The molecule has 0 aliphatic carbocycles. The summed E-state index contributed by atoms with van der Waals surface area (Å²) in [6, 6.07) is 8.90. The van der Waals surface area contributed by atoms with Gasteiger partial charge in [-0.2, -0.15) is 0 Å². The van der Waals surface area contributed by atoms with Crippen molar-refractivity contribution in [2.24, 2.45) is 0 Å². The third kappa shape index (κ3) is 5.41. The van der Waals surface area contributed by atoms with Crippen LogP contribution in [0.25, 0.3) is 0 Å². The molecule has 0 saturated carbocycles. The highest BCUT2D eigenvalue weighted by atomic mass is 32.2. The Bertz CT molecular complexity index is 517. The van der Waals surface area contributed by atoms with Gasteiger partial charge in [-0.15, -0.1) is 0 Å². The molecule has 0 radical (unpaired) electrons. The predicted molar refractivity (Wildman–Crippen MR) is 89.7 cm³/mol. The van der Waals surface area contributed by atoms with Crippen molar-refractivity contribution in [1.82, 2.24) is 4.90 Å². The zero-order valence-electron chi connectivity index (χ0n) is 13.9. The predicted octanol–water partition coefficient (Wildman–Crippen LogP) is 2.55. The Hall–Kier alpha value is -1.24. The fraction of sp³-hybridized carbons (Fsp3) is 0.588. The zero-order chi connectivity index (χ0) is 17.0. The molecular formula is C17H25NO4S. The summed E-state index contributed by atoms with van der Waals surface area (Å²) in [6.07, 6.45) is 0.0804. The van der Waals surface area contributed by atoms with Crippen molar-refractivity contribution in [1.29, 1.82) is 0 Å². The number of likely N-dealkylation sites (tertiary alicyclic amines) is 1. The van der Waals surface area contributed by atoms with Crippen LogP contribution in [0.3, 0.4) is 0 Å². The summed E-state index contributed by atoms with van der Waals surface area (Å²) in [6.45, 7) is 5.88. The van der Waals surface area contributed by atoms with Gasteiger partial charge in [0, 0.05) is 6.54 Å². The monoisotopic (exact) mass is 339 g/mol. The normalized spacial score (nSPS) is 23.4. The van der Waals surface area contributed by atoms with Crippen LogP contribution in [0, 0.1) is 0 Å². The van der Waals surface area contributed by atoms with Crippen molar-refractivity contribution < 1.29 is 19.2 Å². The molecule has 1 amide bonds. The molecule has 1 aromatic carbocycles. The average Bonchev–Trinajstić information content (AvgIpc) is 2.46. The van der Waals surface area contributed by atoms with Crippen molar-refractivity contribution in [2.45, 2.75) is 56.3 Å². The Kier molecular flexibility index (Phi) is 5.95. The van der Waals surface area contributed by atoms with Crippen molar-refractivity contribution >= 4 is 17.3 Å². The number of carbonyl (C=O) groups is 1. The molecule has 0 bridgehead atoms. The van der Waals surface area contributed by atoms with E-state index in [-0.39, 0.29) is 6.04 Å². The lowest BCUT2D eigenvalue weighted by atomic mass is 10.0. The highest BCUT2D eigenvalue weighted by Crippen LogP contribution is 2.24. The van der Waals surface area contributed by atoms with Gasteiger partial charge in [0.05, 0.1) is 12.1 Å². The topological polar surface area (TPSA) is 72.8 Å². The van der Waals surface area contributed by atoms with Gasteiger partial charge in [0.2, 0.25) is 0 Å². The lowest BCUT2D eigenvalue weighted by molar-refractivity contribution is -0.00402. The molecule has 1 fully saturated rings. The standard InChI is InChI=1S/C17H25NO4S/c1-17(2,3)22-16(20)18-10-9-14(19)11-13(18)12-23(21)15-7-5-4-6-8-15/h4-8,13-14,19H,9-12H2,1-3H3. The molecule has 2 rings (SSSR count). The van der Waals surface area contributed by atoms with Gasteiger partial charge in [0.25, 0.3) is 0 Å². The van der Waals surface area contributed by atoms with Crippen LogP contribution in [0.1, 0.15) is 33.6 Å². The maximum atomic E-state index is 12.5. The first-order valence-corrected chi connectivity index (χ1v) is 9.19. The van der Waals surface area contributed by atoms with Gasteiger partial charge in [0.1, 0.15) is 11.4 Å². The van der Waals surface area contributed by atoms with Gasteiger partial charge in [-0.3, -0.25) is 0 Å². The smallest absolute Gasteiger partial charge is 0.410 e. The maximum Gasteiger partial charge on any atom is 0.410 e. The van der Waals surface area contributed by atoms with Crippen molar-refractivity contribution in [3.05, 3.63) is 30.3 Å². The molecule has 6 heteroatoms. The van der Waals surface area contributed by atoms with Crippen LogP contribution < -0.4 is 0 Å². The molecule has 3 unspecified atom stereocenters. The number of aliphatic hydroxyl groups is 1. The van der Waals surface area contributed by atoms with Crippen LogP contribution in [0.2, 0.25) is 0 Å². The Morgan fingerprint density at radius 3 is 2.65 bits per heavy atom. The number of rotatable bonds is 3. The number of nitrogens with zero attached hydrogens (tertiary/aromatic N) is 1. The highest BCUT2D eigenvalue weighted by Gasteiger charge is 2.36. The number of amides is 1. The molecule has 1 N–H and O–H groups in total. The summed E-state index contributed by atoms with van der Waals surface area (Å²) in [4.78, 5) is 14.7. The van der Waals surface area contributed by atoms with E-state index in [9.17, 15) is 14.5 Å². The van der Waals surface area contributed by atoms with E-state index in [0.717, 1.165) is 4.90 Å². The quantitative estimate of drug-likeness (QED) is 0.859. The van der Waals surface area contributed by atoms with E-state index in [2.05, 4.69) is 0 Å². The molecule has 1 aliphatic heterocycles. The first-order valence-electron chi connectivity index (χ1n) is 7.87. The molecule has 0 aromatic heterocycles. The van der Waals surface area contributed by atoms with Gasteiger partial charge < -0.3 is 19.3 Å². The van der Waals surface area contributed by atoms with E-state index in [0.29, 0.717) is 25.1 Å².